The van der Waals surface area contributed by atoms with Crippen LogP contribution in [0.25, 0.3) is 0 Å². The molecule has 10 heteroatoms. The molecule has 4 saturated heterocycles. The Morgan fingerprint density at radius 2 is 1.75 bits per heavy atom. The van der Waals surface area contributed by atoms with Crippen molar-refractivity contribution in [2.24, 2.45) is 5.92 Å². The summed E-state index contributed by atoms with van der Waals surface area (Å²) in [6.07, 6.45) is -1.20. The van der Waals surface area contributed by atoms with Crippen molar-refractivity contribution in [1.82, 2.24) is 5.06 Å². The van der Waals surface area contributed by atoms with Crippen molar-refractivity contribution < 1.29 is 96.2 Å². The van der Waals surface area contributed by atoms with Crippen LogP contribution in [0.15, 0.2) is 0 Å². The maximum Gasteiger partial charge on any atom is 0.111 e. The van der Waals surface area contributed by atoms with Gasteiger partial charge >= 0.3 is 0 Å². The second kappa shape index (κ2) is 8.43. The fraction of sp³-hybridized carbons (Fsp3) is 0.857. The van der Waals surface area contributed by atoms with Gasteiger partial charge < -0.3 is 29.2 Å². The van der Waals surface area contributed by atoms with Gasteiger partial charge in [0.05, 0.1) is 38.1 Å². The molecule has 4 fully saturated rings. The van der Waals surface area contributed by atoms with Crippen molar-refractivity contribution >= 4 is 0 Å². The molecule has 0 aromatic rings. The molecule has 4 aliphatic heterocycles. The van der Waals surface area contributed by atoms with Gasteiger partial charge in [0.1, 0.15) is 5.60 Å². The standard InChI is InChI=1S/C14H21NO7.2U/c1-15(2-9-10-3-20-13(9,5-16)6-18-10)22-8-14-7-19-11(4-21-14)12(14)17;;/h3-4,9-12,16-17H,2,5-8H2,1H3;;/q-2;;/t9-,10-,11-,12-,13-,14+;;/m0../s1. The first-order chi connectivity index (χ1) is 10.6. The van der Waals surface area contributed by atoms with Crippen LogP contribution in [-0.2, 0) is 23.8 Å². The van der Waals surface area contributed by atoms with Crippen molar-refractivity contribution in [2.45, 2.75) is 29.5 Å². The van der Waals surface area contributed by atoms with Crippen LogP contribution in [0.4, 0.5) is 0 Å². The summed E-state index contributed by atoms with van der Waals surface area (Å²) in [5, 5.41) is 21.4. The van der Waals surface area contributed by atoms with Gasteiger partial charge in [-0.25, -0.2) is 0 Å². The molecule has 0 aliphatic carbocycles. The monoisotopic (exact) mass is 791 g/mol. The molecule has 0 unspecified atom stereocenters. The van der Waals surface area contributed by atoms with Gasteiger partial charge in [-0.15, -0.1) is 0 Å². The zero-order chi connectivity index (χ0) is 15.4. The normalized spacial score (nSPS) is 45.5. The average molecular weight is 791 g/mol. The maximum absolute atomic E-state index is 10.1. The molecule has 4 heterocycles. The number of nitrogens with zero attached hydrogens (tertiary/aromatic N) is 1. The summed E-state index contributed by atoms with van der Waals surface area (Å²) in [4.78, 5) is 5.73. The van der Waals surface area contributed by atoms with E-state index in [-0.39, 0.29) is 93.6 Å². The Bertz CT molecular complexity index is 427. The van der Waals surface area contributed by atoms with Gasteiger partial charge in [0, 0.05) is 81.7 Å². The van der Waals surface area contributed by atoms with Crippen LogP contribution in [0.5, 0.6) is 0 Å². The molecule has 0 amide bonds. The molecule has 4 rings (SSSR count). The molecule has 24 heavy (non-hydrogen) atoms. The van der Waals surface area contributed by atoms with Crippen molar-refractivity contribution in [3.8, 4) is 0 Å². The summed E-state index contributed by atoms with van der Waals surface area (Å²) in [5.41, 5.74) is -1.49. The Morgan fingerprint density at radius 1 is 1.12 bits per heavy atom. The van der Waals surface area contributed by atoms with Crippen LogP contribution in [-0.4, -0.2) is 84.8 Å². The topological polar surface area (TPSA) is 89.9 Å². The molecule has 0 aromatic heterocycles. The van der Waals surface area contributed by atoms with Crippen molar-refractivity contribution in [3.63, 3.8) is 0 Å². The molecule has 0 saturated carbocycles. The molecule has 4 bridgehead atoms. The fourth-order valence-corrected chi connectivity index (χ4v) is 3.53. The summed E-state index contributed by atoms with van der Waals surface area (Å²) in [5.74, 6) is 0.00792. The third kappa shape index (κ3) is 3.57. The van der Waals surface area contributed by atoms with E-state index < -0.39 is 17.3 Å². The second-order valence-electron chi connectivity index (χ2n) is 6.48. The Labute approximate surface area is 188 Å². The Balaban J connectivity index is 0.00000104. The quantitative estimate of drug-likeness (QED) is 0.248. The van der Waals surface area contributed by atoms with Gasteiger partial charge in [0.2, 0.25) is 0 Å². The molecule has 0 radical (unpaired) electrons. The van der Waals surface area contributed by atoms with E-state index in [1.807, 2.05) is 0 Å². The van der Waals surface area contributed by atoms with Crippen molar-refractivity contribution in [1.29, 1.82) is 0 Å². The average Bonchev–Trinajstić information content (AvgIpc) is 3.25. The summed E-state index contributed by atoms with van der Waals surface area (Å²) in [6, 6.07) is 0. The van der Waals surface area contributed by atoms with Crippen LogP contribution in [0.1, 0.15) is 0 Å². The summed E-state index contributed by atoms with van der Waals surface area (Å²) < 4.78 is 22.1. The summed E-state index contributed by atoms with van der Waals surface area (Å²) in [6.45, 7) is 4.52. The van der Waals surface area contributed by atoms with Gasteiger partial charge in [-0.05, 0) is 12.2 Å². The van der Waals surface area contributed by atoms with Crippen molar-refractivity contribution in [2.75, 3.05) is 40.0 Å². The second-order valence-corrected chi connectivity index (χ2v) is 6.48. The molecule has 0 spiro atoms. The smallest absolute Gasteiger partial charge is 0.111 e. The Hall–Kier alpha value is 1.78. The van der Waals surface area contributed by atoms with Gasteiger partial charge in [0.15, 0.2) is 0 Å². The summed E-state index contributed by atoms with van der Waals surface area (Å²) >= 11 is 0. The van der Waals surface area contributed by atoms with Gasteiger partial charge in [-0.2, -0.15) is 18.3 Å². The maximum atomic E-state index is 10.1. The molecule has 8 nitrogen and oxygen atoms in total. The van der Waals surface area contributed by atoms with E-state index >= 15 is 0 Å². The minimum Gasteiger partial charge on any atom is -0.541 e. The third-order valence-corrected chi connectivity index (χ3v) is 5.09. The molecule has 134 valence electrons. The zero-order valence-electron chi connectivity index (χ0n) is 13.4. The zero-order valence-corrected chi connectivity index (χ0v) is 21.7. The first-order valence-electron chi connectivity index (χ1n) is 7.47. The van der Waals surface area contributed by atoms with E-state index in [0.29, 0.717) is 19.8 Å². The van der Waals surface area contributed by atoms with E-state index in [9.17, 15) is 10.2 Å². The predicted octanol–water partition coefficient (Wildman–Crippen LogP) is -1.52. The van der Waals surface area contributed by atoms with Crippen LogP contribution >= 0.6 is 0 Å². The SMILES string of the molecule is CN(C[C@H]1[C@@H]2[CH-]O[C@@]1(CO)CO2)OC[C@@]12CO[C@@H]([CH-]O1)[C@@H]2O.[U].[U]. The number of hydroxylamine groups is 2. The minimum atomic E-state index is -0.818. The van der Waals surface area contributed by atoms with Crippen molar-refractivity contribution in [3.05, 3.63) is 13.2 Å². The van der Waals surface area contributed by atoms with E-state index in [1.165, 1.54) is 6.61 Å². The Morgan fingerprint density at radius 3 is 2.25 bits per heavy atom. The first-order valence-corrected chi connectivity index (χ1v) is 7.47. The molecule has 4 aliphatic rings. The van der Waals surface area contributed by atoms with Crippen LogP contribution in [0.2, 0.25) is 0 Å². The van der Waals surface area contributed by atoms with Crippen LogP contribution in [0.3, 0.4) is 0 Å². The van der Waals surface area contributed by atoms with Gasteiger partial charge in [-0.3, -0.25) is 4.84 Å². The minimum absolute atomic E-state index is 0. The van der Waals surface area contributed by atoms with E-state index in [4.69, 9.17) is 23.8 Å². The number of aliphatic hydroxyl groups excluding tert-OH is 2. The first kappa shape index (κ1) is 22.1. The van der Waals surface area contributed by atoms with E-state index in [2.05, 4.69) is 0 Å². The molecule has 0 aromatic carbocycles. The molecular weight excluding hydrogens is 770 g/mol. The number of ether oxygens (including phenoxy) is 4. The Kier molecular flexibility index (Phi) is 7.75. The summed E-state index contributed by atoms with van der Waals surface area (Å²) in [7, 11) is 1.80. The number of aliphatic hydroxyl groups is 2. The van der Waals surface area contributed by atoms with Crippen LogP contribution in [0, 0.1) is 81.4 Å². The molecule has 2 N–H and O–H groups in total. The third-order valence-electron chi connectivity index (χ3n) is 5.09. The molecular formula is C14H21NO7U2-2. The largest absolute Gasteiger partial charge is 0.541 e. The number of hydrogen-bond donors (Lipinski definition) is 2. The number of fused-ring (bicyclic) bond motifs is 4. The van der Waals surface area contributed by atoms with E-state index in [0.717, 1.165) is 0 Å². The predicted molar refractivity (Wildman–Crippen MR) is 70.9 cm³/mol. The van der Waals surface area contributed by atoms with Crippen LogP contribution < -0.4 is 0 Å². The molecule has 6 atom stereocenters. The van der Waals surface area contributed by atoms with Gasteiger partial charge in [0.25, 0.3) is 0 Å². The fourth-order valence-electron chi connectivity index (χ4n) is 3.53. The van der Waals surface area contributed by atoms with E-state index in [1.54, 1.807) is 18.7 Å². The van der Waals surface area contributed by atoms with Gasteiger partial charge in [-0.1, -0.05) is 0 Å². The number of hydrogen-bond acceptors (Lipinski definition) is 8. The number of rotatable bonds is 6.